The molecule has 0 N–H and O–H groups in total. The lowest BCUT2D eigenvalue weighted by molar-refractivity contribution is -0.136. The zero-order valence-corrected chi connectivity index (χ0v) is 19.6. The maximum absolute atomic E-state index is 13.0. The number of amides is 1. The van der Waals surface area contributed by atoms with Crippen molar-refractivity contribution >= 4 is 38.3 Å². The van der Waals surface area contributed by atoms with Gasteiger partial charge in [-0.25, -0.2) is 8.42 Å². The summed E-state index contributed by atoms with van der Waals surface area (Å²) >= 11 is 2.21. The molecule has 2 aromatic carbocycles. The first kappa shape index (κ1) is 22.1. The minimum Gasteiger partial charge on any atom is -0.484 e. The van der Waals surface area contributed by atoms with Crippen molar-refractivity contribution in [3.63, 3.8) is 0 Å². The number of ether oxygens (including phenoxy) is 1. The van der Waals surface area contributed by atoms with Crippen LogP contribution in [0.5, 0.6) is 5.75 Å². The van der Waals surface area contributed by atoms with Gasteiger partial charge in [-0.15, -0.1) is 0 Å². The lowest BCUT2D eigenvalue weighted by Gasteiger charge is -2.28. The van der Waals surface area contributed by atoms with E-state index in [0.717, 1.165) is 9.13 Å². The number of nitrogens with zero attached hydrogens (tertiary/aromatic N) is 1. The molecule has 0 aliphatic carbocycles. The molecule has 1 saturated heterocycles. The van der Waals surface area contributed by atoms with Gasteiger partial charge in [-0.1, -0.05) is 38.1 Å². The molecule has 0 radical (unpaired) electrons. The van der Waals surface area contributed by atoms with Crippen LogP contribution >= 0.6 is 22.6 Å². The van der Waals surface area contributed by atoms with E-state index in [1.165, 1.54) is 5.56 Å². The van der Waals surface area contributed by atoms with Crippen LogP contribution in [-0.2, 0) is 21.2 Å². The average molecular weight is 527 g/mol. The molecule has 0 aromatic heterocycles. The predicted molar refractivity (Wildman–Crippen MR) is 123 cm³/mol. The Bertz CT molecular complexity index is 940. The maximum Gasteiger partial charge on any atom is 0.261 e. The monoisotopic (exact) mass is 527 g/mol. The summed E-state index contributed by atoms with van der Waals surface area (Å²) in [4.78, 5) is 14.6. The molecule has 156 valence electrons. The first-order chi connectivity index (χ1) is 13.7. The summed E-state index contributed by atoms with van der Waals surface area (Å²) in [6.45, 7) is 4.54. The summed E-state index contributed by atoms with van der Waals surface area (Å²) in [7, 11) is -3.09. The Morgan fingerprint density at radius 2 is 1.79 bits per heavy atom. The van der Waals surface area contributed by atoms with Gasteiger partial charge in [-0.2, -0.15) is 0 Å². The van der Waals surface area contributed by atoms with E-state index in [1.54, 1.807) is 4.90 Å². The highest BCUT2D eigenvalue weighted by atomic mass is 127. The highest BCUT2D eigenvalue weighted by Gasteiger charge is 2.34. The molecule has 1 aliphatic heterocycles. The van der Waals surface area contributed by atoms with Gasteiger partial charge in [-0.3, -0.25) is 4.79 Å². The summed E-state index contributed by atoms with van der Waals surface area (Å²) in [6.07, 6.45) is 0.474. The van der Waals surface area contributed by atoms with E-state index >= 15 is 0 Å². The summed E-state index contributed by atoms with van der Waals surface area (Å²) < 4.78 is 30.7. The van der Waals surface area contributed by atoms with Gasteiger partial charge in [-0.05, 0) is 70.3 Å². The number of hydrogen-bond acceptors (Lipinski definition) is 4. The molecule has 0 spiro atoms. The van der Waals surface area contributed by atoms with Gasteiger partial charge in [0.25, 0.3) is 5.91 Å². The van der Waals surface area contributed by atoms with Gasteiger partial charge in [0.05, 0.1) is 11.5 Å². The van der Waals surface area contributed by atoms with E-state index in [0.29, 0.717) is 24.6 Å². The van der Waals surface area contributed by atoms with Crippen LogP contribution in [0.15, 0.2) is 48.5 Å². The standard InChI is InChI=1S/C22H26INO4S/c1-16(2)18-5-3-17(4-6-18)13-24(20-11-12-29(26,27)15-20)22(25)14-28-21-9-7-19(23)8-10-21/h3-10,16,20H,11-15H2,1-2H3. The minimum absolute atomic E-state index is 0.0202. The quantitative estimate of drug-likeness (QED) is 0.511. The second-order valence-corrected chi connectivity index (χ2v) is 11.2. The maximum atomic E-state index is 13.0. The molecule has 0 bridgehead atoms. The van der Waals surface area contributed by atoms with Crippen molar-refractivity contribution in [2.75, 3.05) is 18.1 Å². The van der Waals surface area contributed by atoms with Crippen LogP contribution in [0.2, 0.25) is 0 Å². The van der Waals surface area contributed by atoms with Crippen molar-refractivity contribution in [2.24, 2.45) is 0 Å². The fourth-order valence-corrected chi connectivity index (χ4v) is 5.50. The van der Waals surface area contributed by atoms with E-state index in [4.69, 9.17) is 4.74 Å². The third-order valence-electron chi connectivity index (χ3n) is 5.14. The van der Waals surface area contributed by atoms with Crippen molar-refractivity contribution in [3.05, 3.63) is 63.2 Å². The van der Waals surface area contributed by atoms with E-state index in [1.807, 2.05) is 36.4 Å². The number of rotatable bonds is 7. The number of benzene rings is 2. The van der Waals surface area contributed by atoms with Crippen LogP contribution in [0.1, 0.15) is 37.3 Å². The predicted octanol–water partition coefficient (Wildman–Crippen LogP) is 4.01. The van der Waals surface area contributed by atoms with Crippen molar-refractivity contribution in [1.29, 1.82) is 0 Å². The number of carbonyl (C=O) groups is 1. The second-order valence-electron chi connectivity index (χ2n) is 7.72. The van der Waals surface area contributed by atoms with Crippen LogP contribution < -0.4 is 4.74 Å². The molecule has 1 unspecified atom stereocenters. The van der Waals surface area contributed by atoms with Crippen molar-refractivity contribution in [2.45, 2.75) is 38.8 Å². The number of sulfone groups is 1. The first-order valence-electron chi connectivity index (χ1n) is 9.70. The molecule has 1 heterocycles. The molecule has 5 nitrogen and oxygen atoms in total. The molecule has 7 heteroatoms. The molecular weight excluding hydrogens is 501 g/mol. The summed E-state index contributed by atoms with van der Waals surface area (Å²) in [5, 5.41) is 0. The Morgan fingerprint density at radius 1 is 1.14 bits per heavy atom. The molecule has 3 rings (SSSR count). The Kier molecular flexibility index (Phi) is 7.21. The van der Waals surface area contributed by atoms with E-state index in [9.17, 15) is 13.2 Å². The van der Waals surface area contributed by atoms with Crippen LogP contribution in [0, 0.1) is 3.57 Å². The molecular formula is C22H26INO4S. The highest BCUT2D eigenvalue weighted by molar-refractivity contribution is 14.1. The van der Waals surface area contributed by atoms with Gasteiger partial charge in [0, 0.05) is 16.2 Å². The SMILES string of the molecule is CC(C)c1ccc(CN(C(=O)COc2ccc(I)cc2)C2CCS(=O)(=O)C2)cc1. The van der Waals surface area contributed by atoms with Gasteiger partial charge in [0.1, 0.15) is 5.75 Å². The van der Waals surface area contributed by atoms with Gasteiger partial charge >= 0.3 is 0 Å². The summed E-state index contributed by atoms with van der Waals surface area (Å²) in [6, 6.07) is 15.3. The zero-order valence-electron chi connectivity index (χ0n) is 16.7. The van der Waals surface area contributed by atoms with Gasteiger partial charge < -0.3 is 9.64 Å². The average Bonchev–Trinajstić information content (AvgIpc) is 3.05. The normalized spacial score (nSPS) is 18.0. The Labute approximate surface area is 186 Å². The van der Waals surface area contributed by atoms with Crippen LogP contribution in [-0.4, -0.2) is 43.4 Å². The van der Waals surface area contributed by atoms with E-state index in [-0.39, 0.29) is 30.1 Å². The Hall–Kier alpha value is -1.61. The van der Waals surface area contributed by atoms with E-state index in [2.05, 4.69) is 48.6 Å². The van der Waals surface area contributed by atoms with Crippen LogP contribution in [0.25, 0.3) is 0 Å². The third-order valence-corrected chi connectivity index (χ3v) is 7.61. The number of carbonyl (C=O) groups excluding carboxylic acids is 1. The molecule has 29 heavy (non-hydrogen) atoms. The molecule has 1 fully saturated rings. The summed E-state index contributed by atoms with van der Waals surface area (Å²) in [5.41, 5.74) is 2.22. The van der Waals surface area contributed by atoms with Crippen molar-refractivity contribution in [1.82, 2.24) is 4.90 Å². The largest absolute Gasteiger partial charge is 0.484 e. The Balaban J connectivity index is 1.73. The third kappa shape index (κ3) is 6.18. The van der Waals surface area contributed by atoms with Crippen molar-refractivity contribution < 1.29 is 17.9 Å². The van der Waals surface area contributed by atoms with Gasteiger partial charge in [0.2, 0.25) is 0 Å². The zero-order chi connectivity index (χ0) is 21.0. The number of hydrogen-bond donors (Lipinski definition) is 0. The number of halogens is 1. The van der Waals surface area contributed by atoms with Crippen LogP contribution in [0.4, 0.5) is 0 Å². The summed E-state index contributed by atoms with van der Waals surface area (Å²) in [5.74, 6) is 1.01. The lowest BCUT2D eigenvalue weighted by Crippen LogP contribution is -2.43. The van der Waals surface area contributed by atoms with E-state index < -0.39 is 9.84 Å². The second kappa shape index (κ2) is 9.47. The fourth-order valence-electron chi connectivity index (χ4n) is 3.41. The molecule has 1 atom stereocenters. The lowest BCUT2D eigenvalue weighted by atomic mass is 10.0. The van der Waals surface area contributed by atoms with Crippen LogP contribution in [0.3, 0.4) is 0 Å². The van der Waals surface area contributed by atoms with Gasteiger partial charge in [0.15, 0.2) is 16.4 Å². The highest BCUT2D eigenvalue weighted by Crippen LogP contribution is 2.22. The molecule has 1 aliphatic rings. The minimum atomic E-state index is -3.09. The van der Waals surface area contributed by atoms with Crippen molar-refractivity contribution in [3.8, 4) is 5.75 Å². The Morgan fingerprint density at radius 3 is 2.34 bits per heavy atom. The molecule has 1 amide bonds. The fraction of sp³-hybridized carbons (Fsp3) is 0.409. The topological polar surface area (TPSA) is 63.7 Å². The first-order valence-corrected chi connectivity index (χ1v) is 12.6. The smallest absolute Gasteiger partial charge is 0.261 e. The molecule has 0 saturated carbocycles. The molecule has 2 aromatic rings.